The standard InChI is InChI=1S/C27H31ClN10O/c1-27(2,39)15-37-8-6-17-14-36(9-7-20(17)37)21-11-16(12-29)10-19(23(21)28)33-26-34-24(32-18-4-5-18)25-31-13-22(30-3)38(25)35-26/h10-11,13,17-18,20,39H,4-9,14-15H2,1-2H3,(H2,32,33,34,35). The molecule has 2 unspecified atom stereocenters. The van der Waals surface area contributed by atoms with E-state index in [2.05, 4.69) is 46.4 Å². The number of hydrogen-bond donors (Lipinski definition) is 3. The molecule has 3 N–H and O–H groups in total. The molecule has 2 aromatic heterocycles. The third kappa shape index (κ3) is 5.18. The van der Waals surface area contributed by atoms with Gasteiger partial charge in [0.1, 0.15) is 0 Å². The van der Waals surface area contributed by atoms with E-state index in [1.165, 1.54) is 10.7 Å². The van der Waals surface area contributed by atoms with Gasteiger partial charge >= 0.3 is 0 Å². The number of imidazole rings is 1. The van der Waals surface area contributed by atoms with Gasteiger partial charge in [-0.05, 0) is 64.1 Å². The molecule has 202 valence electrons. The largest absolute Gasteiger partial charge is 0.389 e. The summed E-state index contributed by atoms with van der Waals surface area (Å²) in [6, 6.07) is 6.57. The lowest BCUT2D eigenvalue weighted by Gasteiger charge is -2.40. The number of aliphatic hydroxyl groups is 1. The maximum absolute atomic E-state index is 10.3. The SMILES string of the molecule is [C-]#[N+]c1cnc2c(NC3CC3)nc(Nc3cc(C#N)cc(N4CCC5C(CCN5CC(C)(C)O)C4)c3Cl)nn12. The zero-order valence-corrected chi connectivity index (χ0v) is 22.8. The van der Waals surface area contributed by atoms with Crippen molar-refractivity contribution in [3.63, 3.8) is 0 Å². The van der Waals surface area contributed by atoms with E-state index in [9.17, 15) is 10.4 Å². The highest BCUT2D eigenvalue weighted by molar-refractivity contribution is 6.36. The van der Waals surface area contributed by atoms with Gasteiger partial charge in [-0.1, -0.05) is 23.3 Å². The summed E-state index contributed by atoms with van der Waals surface area (Å²) < 4.78 is 1.47. The Morgan fingerprint density at radius 2 is 2.08 bits per heavy atom. The number of nitriles is 1. The first kappa shape index (κ1) is 25.6. The number of benzene rings is 1. The number of halogens is 1. The predicted octanol–water partition coefficient (Wildman–Crippen LogP) is 4.19. The van der Waals surface area contributed by atoms with Crippen LogP contribution in [0.5, 0.6) is 0 Å². The number of nitrogens with one attached hydrogen (secondary N) is 2. The van der Waals surface area contributed by atoms with Crippen LogP contribution < -0.4 is 15.5 Å². The molecule has 2 atom stereocenters. The third-order valence-electron chi connectivity index (χ3n) is 7.69. The van der Waals surface area contributed by atoms with Crippen LogP contribution in [0.2, 0.25) is 5.02 Å². The smallest absolute Gasteiger partial charge is 0.275 e. The lowest BCUT2D eigenvalue weighted by Crippen LogP contribution is -2.49. The number of β-amino-alcohol motifs (C(OH)–C–C–N with tert-alkyl or cyclic N) is 1. The maximum atomic E-state index is 10.3. The number of piperidine rings is 1. The van der Waals surface area contributed by atoms with Gasteiger partial charge in [0.2, 0.25) is 0 Å². The van der Waals surface area contributed by atoms with Crippen LogP contribution in [-0.4, -0.2) is 73.5 Å². The van der Waals surface area contributed by atoms with Crippen LogP contribution >= 0.6 is 11.6 Å². The van der Waals surface area contributed by atoms with Gasteiger partial charge < -0.3 is 25.5 Å². The van der Waals surface area contributed by atoms with Gasteiger partial charge in [0.15, 0.2) is 5.82 Å². The number of fused-ring (bicyclic) bond motifs is 2. The molecule has 3 fully saturated rings. The van der Waals surface area contributed by atoms with Gasteiger partial charge in [-0.25, -0.2) is 4.98 Å². The van der Waals surface area contributed by atoms with Gasteiger partial charge in [-0.15, -0.1) is 4.52 Å². The Balaban J connectivity index is 1.28. The summed E-state index contributed by atoms with van der Waals surface area (Å²) >= 11 is 6.97. The van der Waals surface area contributed by atoms with E-state index in [1.807, 2.05) is 19.9 Å². The van der Waals surface area contributed by atoms with Crippen molar-refractivity contribution in [3.8, 4) is 6.07 Å². The molecular formula is C27H31ClN10O. The molecule has 11 nitrogen and oxygen atoms in total. The number of hydrogen-bond acceptors (Lipinski definition) is 9. The van der Waals surface area contributed by atoms with Crippen LogP contribution in [0.15, 0.2) is 18.3 Å². The molecule has 4 heterocycles. The molecule has 0 amide bonds. The second-order valence-corrected chi connectivity index (χ2v) is 11.8. The van der Waals surface area contributed by atoms with Crippen LogP contribution in [0, 0.1) is 23.8 Å². The summed E-state index contributed by atoms with van der Waals surface area (Å²) in [7, 11) is 0. The molecule has 0 radical (unpaired) electrons. The molecule has 2 aliphatic heterocycles. The van der Waals surface area contributed by atoms with Crippen LogP contribution in [0.3, 0.4) is 0 Å². The van der Waals surface area contributed by atoms with E-state index in [0.29, 0.717) is 52.3 Å². The van der Waals surface area contributed by atoms with Crippen molar-refractivity contribution >= 4 is 46.2 Å². The Bertz CT molecular complexity index is 1500. The molecule has 1 aromatic carbocycles. The van der Waals surface area contributed by atoms with Crippen molar-refractivity contribution in [2.24, 2.45) is 5.92 Å². The molecule has 0 spiro atoms. The second-order valence-electron chi connectivity index (χ2n) is 11.4. The predicted molar refractivity (Wildman–Crippen MR) is 150 cm³/mol. The fraction of sp³-hybridized carbons (Fsp3) is 0.519. The van der Waals surface area contributed by atoms with Crippen molar-refractivity contribution in [2.75, 3.05) is 41.7 Å². The van der Waals surface area contributed by atoms with E-state index in [1.54, 1.807) is 6.07 Å². The normalized spacial score (nSPS) is 21.4. The minimum atomic E-state index is -0.720. The molecular weight excluding hydrogens is 516 g/mol. The minimum Gasteiger partial charge on any atom is -0.389 e. The van der Waals surface area contributed by atoms with Crippen molar-refractivity contribution in [1.82, 2.24) is 24.5 Å². The summed E-state index contributed by atoms with van der Waals surface area (Å²) in [6.45, 7) is 14.5. The Kier molecular flexibility index (Phi) is 6.46. The van der Waals surface area contributed by atoms with Gasteiger partial charge in [-0.3, -0.25) is 4.90 Å². The third-order valence-corrected chi connectivity index (χ3v) is 8.08. The first-order valence-corrected chi connectivity index (χ1v) is 13.7. The zero-order valence-electron chi connectivity index (χ0n) is 22.0. The molecule has 6 rings (SSSR count). The Hall–Kier alpha value is -3.64. The van der Waals surface area contributed by atoms with Gasteiger partial charge in [0.05, 0.1) is 39.8 Å². The van der Waals surface area contributed by atoms with Crippen molar-refractivity contribution < 1.29 is 5.11 Å². The van der Waals surface area contributed by atoms with Gasteiger partial charge in [0, 0.05) is 31.7 Å². The van der Waals surface area contributed by atoms with Crippen molar-refractivity contribution in [1.29, 1.82) is 5.26 Å². The lowest BCUT2D eigenvalue weighted by molar-refractivity contribution is 0.0263. The topological polar surface area (TPSA) is 122 Å². The number of rotatable bonds is 7. The molecule has 39 heavy (non-hydrogen) atoms. The summed E-state index contributed by atoms with van der Waals surface area (Å²) in [5.74, 6) is 1.56. The summed E-state index contributed by atoms with van der Waals surface area (Å²) in [5, 5.41) is 31.7. The lowest BCUT2D eigenvalue weighted by atomic mass is 9.92. The summed E-state index contributed by atoms with van der Waals surface area (Å²) in [6.07, 6.45) is 5.63. The molecule has 1 aliphatic carbocycles. The number of aromatic nitrogens is 4. The average molecular weight is 547 g/mol. The highest BCUT2D eigenvalue weighted by Gasteiger charge is 2.40. The Morgan fingerprint density at radius 1 is 1.26 bits per heavy atom. The van der Waals surface area contributed by atoms with Crippen LogP contribution in [-0.2, 0) is 0 Å². The monoisotopic (exact) mass is 546 g/mol. The fourth-order valence-electron chi connectivity index (χ4n) is 5.83. The van der Waals surface area contributed by atoms with Crippen molar-refractivity contribution in [2.45, 2.75) is 57.2 Å². The first-order valence-electron chi connectivity index (χ1n) is 13.3. The molecule has 3 aliphatic rings. The summed E-state index contributed by atoms with van der Waals surface area (Å²) in [4.78, 5) is 17.2. The minimum absolute atomic E-state index is 0.258. The number of likely N-dealkylation sites (tertiary alicyclic amines) is 1. The molecule has 3 aromatic rings. The van der Waals surface area contributed by atoms with E-state index < -0.39 is 5.60 Å². The van der Waals surface area contributed by atoms with Crippen LogP contribution in [0.25, 0.3) is 10.5 Å². The Labute approximate surface area is 232 Å². The van der Waals surface area contributed by atoms with Gasteiger partial charge in [0.25, 0.3) is 17.4 Å². The second kappa shape index (κ2) is 9.83. The highest BCUT2D eigenvalue weighted by Crippen LogP contribution is 2.40. The fourth-order valence-corrected chi connectivity index (χ4v) is 6.10. The maximum Gasteiger partial charge on any atom is 0.275 e. The summed E-state index contributed by atoms with van der Waals surface area (Å²) in [5.41, 5.74) is 1.59. The van der Waals surface area contributed by atoms with Crippen LogP contribution in [0.1, 0.15) is 45.1 Å². The molecule has 1 saturated carbocycles. The average Bonchev–Trinajstić information content (AvgIpc) is 3.49. The first-order chi connectivity index (χ1) is 18.7. The van der Waals surface area contributed by atoms with Gasteiger partial charge in [-0.2, -0.15) is 10.2 Å². The number of anilines is 4. The van der Waals surface area contributed by atoms with E-state index in [0.717, 1.165) is 51.0 Å². The number of nitrogens with zero attached hydrogens (tertiary/aromatic N) is 8. The van der Waals surface area contributed by atoms with E-state index >= 15 is 0 Å². The van der Waals surface area contributed by atoms with Crippen molar-refractivity contribution in [3.05, 3.63) is 40.3 Å². The Morgan fingerprint density at radius 3 is 2.79 bits per heavy atom. The van der Waals surface area contributed by atoms with E-state index in [4.69, 9.17) is 18.2 Å². The molecule has 2 saturated heterocycles. The zero-order chi connectivity index (χ0) is 27.3. The molecule has 12 heteroatoms. The van der Waals surface area contributed by atoms with E-state index in [-0.39, 0.29) is 11.8 Å². The molecule has 0 bridgehead atoms. The quantitative estimate of drug-likeness (QED) is 0.374. The highest BCUT2D eigenvalue weighted by atomic mass is 35.5. The van der Waals surface area contributed by atoms with Crippen LogP contribution in [0.4, 0.5) is 29.0 Å².